The predicted molar refractivity (Wildman–Crippen MR) is 115 cm³/mol. The van der Waals surface area contributed by atoms with Crippen LogP contribution in [0, 0.1) is 23.5 Å². The maximum absolute atomic E-state index is 13.2. The molecule has 0 radical (unpaired) electrons. The monoisotopic (exact) mass is 420 g/mol. The molecule has 31 heavy (non-hydrogen) atoms. The Hall–Kier alpha value is -3.65. The maximum Gasteiger partial charge on any atom is 0.343 e. The van der Waals surface area contributed by atoms with Gasteiger partial charge in [0.1, 0.15) is 23.1 Å². The van der Waals surface area contributed by atoms with E-state index >= 15 is 0 Å². The average Bonchev–Trinajstić information content (AvgIpc) is 2.76. The van der Waals surface area contributed by atoms with Gasteiger partial charge >= 0.3 is 5.97 Å². The molecule has 0 fully saturated rings. The van der Waals surface area contributed by atoms with E-state index in [2.05, 4.69) is 18.8 Å². The van der Waals surface area contributed by atoms with Crippen molar-refractivity contribution in [2.24, 2.45) is 0 Å². The van der Waals surface area contributed by atoms with Crippen LogP contribution in [0.1, 0.15) is 47.7 Å². The molecule has 0 amide bonds. The third kappa shape index (κ3) is 6.97. The van der Waals surface area contributed by atoms with E-state index in [-0.39, 0.29) is 11.3 Å². The lowest BCUT2D eigenvalue weighted by Crippen LogP contribution is -2.09. The van der Waals surface area contributed by atoms with E-state index < -0.39 is 17.6 Å². The zero-order valence-electron chi connectivity index (χ0n) is 17.2. The fraction of sp³-hybridized carbons (Fsp3) is 0.192. The second-order valence-corrected chi connectivity index (χ2v) is 6.90. The summed E-state index contributed by atoms with van der Waals surface area (Å²) >= 11 is 0. The fourth-order valence-corrected chi connectivity index (χ4v) is 2.76. The molecule has 0 heterocycles. The molecule has 0 aromatic heterocycles. The summed E-state index contributed by atoms with van der Waals surface area (Å²) in [7, 11) is 0. The number of rotatable bonds is 7. The Balaban J connectivity index is 1.57. The molecule has 0 saturated carbocycles. The first-order chi connectivity index (χ1) is 15.0. The fourth-order valence-electron chi connectivity index (χ4n) is 2.76. The second-order valence-electron chi connectivity index (χ2n) is 6.90. The Morgan fingerprint density at radius 3 is 1.90 bits per heavy atom. The molecular weight excluding hydrogens is 398 g/mol. The van der Waals surface area contributed by atoms with Gasteiger partial charge in [-0.25, -0.2) is 13.6 Å². The largest absolute Gasteiger partial charge is 0.494 e. The second kappa shape index (κ2) is 10.9. The Morgan fingerprint density at radius 2 is 1.35 bits per heavy atom. The molecule has 5 heteroatoms. The van der Waals surface area contributed by atoms with Crippen LogP contribution in [0.2, 0.25) is 0 Å². The zero-order valence-corrected chi connectivity index (χ0v) is 17.2. The molecule has 0 saturated heterocycles. The lowest BCUT2D eigenvalue weighted by atomic mass is 10.1. The number of unbranched alkanes of at least 4 members (excludes halogenated alkanes) is 2. The minimum atomic E-state index is -0.839. The van der Waals surface area contributed by atoms with Gasteiger partial charge in [-0.15, -0.1) is 0 Å². The van der Waals surface area contributed by atoms with Crippen LogP contribution in [0.15, 0.2) is 66.7 Å². The minimum Gasteiger partial charge on any atom is -0.494 e. The van der Waals surface area contributed by atoms with E-state index in [4.69, 9.17) is 9.47 Å². The van der Waals surface area contributed by atoms with Gasteiger partial charge in [0.05, 0.1) is 12.2 Å². The van der Waals surface area contributed by atoms with Crippen LogP contribution < -0.4 is 9.47 Å². The summed E-state index contributed by atoms with van der Waals surface area (Å²) in [6.45, 7) is 2.87. The van der Waals surface area contributed by atoms with E-state index in [1.54, 1.807) is 24.3 Å². The maximum atomic E-state index is 13.2. The summed E-state index contributed by atoms with van der Waals surface area (Å²) < 4.78 is 37.3. The van der Waals surface area contributed by atoms with Crippen molar-refractivity contribution in [2.45, 2.75) is 26.2 Å². The number of carbonyl (C=O) groups excluding carboxylic acids is 1. The highest BCUT2D eigenvalue weighted by atomic mass is 19.1. The molecule has 0 spiro atoms. The van der Waals surface area contributed by atoms with Gasteiger partial charge in [-0.3, -0.25) is 0 Å². The van der Waals surface area contributed by atoms with E-state index in [0.29, 0.717) is 12.7 Å². The standard InChI is InChI=1S/C26H22F2O3/c1-2-3-4-15-30-24-11-7-19(8-12-24)5-6-20-9-13-25(14-10-20)31-26(29)21-16-22(27)18-23(28)17-21/h7-14,16-18H,2-4,15H2,1H3. The number of hydrogen-bond acceptors (Lipinski definition) is 3. The molecule has 0 aliphatic heterocycles. The quantitative estimate of drug-likeness (QED) is 0.199. The highest BCUT2D eigenvalue weighted by Gasteiger charge is 2.11. The Kier molecular flexibility index (Phi) is 7.78. The lowest BCUT2D eigenvalue weighted by molar-refractivity contribution is 0.0733. The number of carbonyl (C=O) groups is 1. The van der Waals surface area contributed by atoms with Crippen molar-refractivity contribution in [1.82, 2.24) is 0 Å². The van der Waals surface area contributed by atoms with Gasteiger partial charge in [-0.1, -0.05) is 31.6 Å². The van der Waals surface area contributed by atoms with Crippen molar-refractivity contribution in [3.63, 3.8) is 0 Å². The van der Waals surface area contributed by atoms with E-state index in [9.17, 15) is 13.6 Å². The molecule has 3 rings (SSSR count). The molecule has 3 aromatic rings. The van der Waals surface area contributed by atoms with Crippen molar-refractivity contribution in [1.29, 1.82) is 0 Å². The van der Waals surface area contributed by atoms with E-state index in [1.807, 2.05) is 24.3 Å². The molecule has 3 nitrogen and oxygen atoms in total. The van der Waals surface area contributed by atoms with Crippen molar-refractivity contribution < 1.29 is 23.0 Å². The smallest absolute Gasteiger partial charge is 0.343 e. The third-order valence-electron chi connectivity index (χ3n) is 4.39. The summed E-state index contributed by atoms with van der Waals surface area (Å²) in [5, 5.41) is 0. The van der Waals surface area contributed by atoms with Gasteiger partial charge in [0, 0.05) is 17.2 Å². The van der Waals surface area contributed by atoms with Gasteiger partial charge in [0.2, 0.25) is 0 Å². The Morgan fingerprint density at radius 1 is 0.806 bits per heavy atom. The lowest BCUT2D eigenvalue weighted by Gasteiger charge is -2.05. The van der Waals surface area contributed by atoms with Gasteiger partial charge in [-0.05, 0) is 67.1 Å². The summed E-state index contributed by atoms with van der Waals surface area (Å²) in [6.07, 6.45) is 3.36. The predicted octanol–water partition coefficient (Wildman–Crippen LogP) is 6.15. The summed E-state index contributed by atoms with van der Waals surface area (Å²) in [4.78, 5) is 12.0. The number of hydrogen-bond donors (Lipinski definition) is 0. The van der Waals surface area contributed by atoms with E-state index in [0.717, 1.165) is 48.3 Å². The first kappa shape index (κ1) is 22.0. The molecule has 0 atom stereocenters. The van der Waals surface area contributed by atoms with Crippen LogP contribution in [-0.2, 0) is 0 Å². The molecule has 0 N–H and O–H groups in total. The molecule has 0 unspecified atom stereocenters. The number of benzene rings is 3. The number of ether oxygens (including phenoxy) is 2. The number of esters is 1. The molecular formula is C26H22F2O3. The SMILES string of the molecule is CCCCCOc1ccc(C#Cc2ccc(OC(=O)c3cc(F)cc(F)c3)cc2)cc1. The van der Waals surface area contributed by atoms with Crippen LogP contribution in [0.5, 0.6) is 11.5 Å². The van der Waals surface area contributed by atoms with Crippen molar-refractivity contribution in [3.8, 4) is 23.3 Å². The van der Waals surface area contributed by atoms with Crippen LogP contribution in [0.25, 0.3) is 0 Å². The third-order valence-corrected chi connectivity index (χ3v) is 4.39. The summed E-state index contributed by atoms with van der Waals surface area (Å²) in [5.41, 5.74) is 1.39. The van der Waals surface area contributed by atoms with Crippen LogP contribution in [0.3, 0.4) is 0 Å². The van der Waals surface area contributed by atoms with Crippen molar-refractivity contribution in [2.75, 3.05) is 6.61 Å². The Labute approximate surface area is 180 Å². The highest BCUT2D eigenvalue weighted by molar-refractivity contribution is 5.91. The summed E-state index contributed by atoms with van der Waals surface area (Å²) in [6, 6.07) is 16.7. The molecule has 0 aliphatic rings. The van der Waals surface area contributed by atoms with Crippen molar-refractivity contribution >= 4 is 5.97 Å². The van der Waals surface area contributed by atoms with Gasteiger partial charge in [-0.2, -0.15) is 0 Å². The highest BCUT2D eigenvalue weighted by Crippen LogP contribution is 2.16. The summed E-state index contributed by atoms with van der Waals surface area (Å²) in [5.74, 6) is 4.67. The Bertz CT molecular complexity index is 1060. The topological polar surface area (TPSA) is 35.5 Å². The van der Waals surface area contributed by atoms with E-state index in [1.165, 1.54) is 0 Å². The average molecular weight is 420 g/mol. The van der Waals surface area contributed by atoms with Crippen LogP contribution in [0.4, 0.5) is 8.78 Å². The molecule has 0 aliphatic carbocycles. The van der Waals surface area contributed by atoms with Gasteiger partial charge < -0.3 is 9.47 Å². The number of halogens is 2. The van der Waals surface area contributed by atoms with Crippen molar-refractivity contribution in [3.05, 3.63) is 95.1 Å². The molecule has 0 bridgehead atoms. The normalized spacial score (nSPS) is 10.2. The first-order valence-electron chi connectivity index (χ1n) is 10.1. The minimum absolute atomic E-state index is 0.195. The van der Waals surface area contributed by atoms with Gasteiger partial charge in [0.25, 0.3) is 0 Å². The molecule has 158 valence electrons. The zero-order chi connectivity index (χ0) is 22.1. The van der Waals surface area contributed by atoms with Crippen LogP contribution >= 0.6 is 0 Å². The molecule has 3 aromatic carbocycles. The first-order valence-corrected chi connectivity index (χ1v) is 10.1. The van der Waals surface area contributed by atoms with Crippen LogP contribution in [-0.4, -0.2) is 12.6 Å². The van der Waals surface area contributed by atoms with Gasteiger partial charge in [0.15, 0.2) is 0 Å².